The molecular formula is C12H19NO3. The molecular weight excluding hydrogens is 206 g/mol. The molecule has 0 bridgehead atoms. The van der Waals surface area contributed by atoms with Crippen molar-refractivity contribution in [3.05, 3.63) is 29.8 Å². The van der Waals surface area contributed by atoms with E-state index in [1.165, 1.54) is 0 Å². The molecule has 0 aromatic heterocycles. The second-order valence-electron chi connectivity index (χ2n) is 3.80. The van der Waals surface area contributed by atoms with Gasteiger partial charge in [0, 0.05) is 13.0 Å². The normalized spacial score (nSPS) is 11.5. The summed E-state index contributed by atoms with van der Waals surface area (Å²) in [7, 11) is 0. The summed E-state index contributed by atoms with van der Waals surface area (Å²) in [4.78, 5) is 0. The van der Waals surface area contributed by atoms with Gasteiger partial charge in [0.25, 0.3) is 0 Å². The Kier molecular flexibility index (Phi) is 4.73. The van der Waals surface area contributed by atoms with Crippen molar-refractivity contribution in [1.82, 2.24) is 0 Å². The van der Waals surface area contributed by atoms with E-state index in [9.17, 15) is 10.2 Å². The topological polar surface area (TPSA) is 75.7 Å². The zero-order valence-corrected chi connectivity index (χ0v) is 9.52. The minimum Gasteiger partial charge on any atom is -0.439 e. The molecule has 0 saturated heterocycles. The van der Waals surface area contributed by atoms with Gasteiger partial charge in [0.2, 0.25) is 0 Å². The minimum atomic E-state index is -2.09. The SMILES string of the molecule is CCCCC(O)(O)Oc1cccc(CN)c1. The van der Waals surface area contributed by atoms with Crippen LogP contribution >= 0.6 is 0 Å². The van der Waals surface area contributed by atoms with Crippen LogP contribution in [0.5, 0.6) is 5.75 Å². The molecule has 0 amide bonds. The largest absolute Gasteiger partial charge is 0.439 e. The van der Waals surface area contributed by atoms with Crippen molar-refractivity contribution < 1.29 is 14.9 Å². The first-order valence-corrected chi connectivity index (χ1v) is 5.50. The van der Waals surface area contributed by atoms with E-state index in [1.54, 1.807) is 18.2 Å². The van der Waals surface area contributed by atoms with Crippen LogP contribution in [0, 0.1) is 0 Å². The highest BCUT2D eigenvalue weighted by Gasteiger charge is 2.24. The van der Waals surface area contributed by atoms with E-state index in [2.05, 4.69) is 0 Å². The summed E-state index contributed by atoms with van der Waals surface area (Å²) in [5, 5.41) is 19.1. The molecule has 0 fully saturated rings. The maximum atomic E-state index is 9.56. The van der Waals surface area contributed by atoms with Gasteiger partial charge in [-0.2, -0.15) is 0 Å². The van der Waals surface area contributed by atoms with Gasteiger partial charge < -0.3 is 20.7 Å². The maximum absolute atomic E-state index is 9.56. The minimum absolute atomic E-state index is 0.191. The van der Waals surface area contributed by atoms with Crippen molar-refractivity contribution in [2.24, 2.45) is 5.73 Å². The summed E-state index contributed by atoms with van der Waals surface area (Å²) in [5.74, 6) is -1.67. The molecule has 0 aliphatic carbocycles. The fourth-order valence-electron chi connectivity index (χ4n) is 1.38. The van der Waals surface area contributed by atoms with Crippen molar-refractivity contribution in [2.75, 3.05) is 0 Å². The Morgan fingerprint density at radius 3 is 2.75 bits per heavy atom. The first-order valence-electron chi connectivity index (χ1n) is 5.50. The predicted octanol–water partition coefficient (Wildman–Crippen LogP) is 1.35. The zero-order valence-electron chi connectivity index (χ0n) is 9.52. The summed E-state index contributed by atoms with van der Waals surface area (Å²) in [6.07, 6.45) is 1.77. The third kappa shape index (κ3) is 4.18. The third-order valence-corrected chi connectivity index (χ3v) is 2.27. The van der Waals surface area contributed by atoms with Gasteiger partial charge in [0.05, 0.1) is 0 Å². The van der Waals surface area contributed by atoms with Crippen LogP contribution in [-0.4, -0.2) is 16.2 Å². The lowest BCUT2D eigenvalue weighted by Crippen LogP contribution is -2.35. The molecule has 0 spiro atoms. The molecule has 0 heterocycles. The highest BCUT2D eigenvalue weighted by molar-refractivity contribution is 5.28. The lowest BCUT2D eigenvalue weighted by Gasteiger charge is -2.22. The third-order valence-electron chi connectivity index (χ3n) is 2.27. The van der Waals surface area contributed by atoms with E-state index in [0.29, 0.717) is 18.7 Å². The van der Waals surface area contributed by atoms with Crippen molar-refractivity contribution >= 4 is 0 Å². The van der Waals surface area contributed by atoms with E-state index in [-0.39, 0.29) is 6.42 Å². The summed E-state index contributed by atoms with van der Waals surface area (Å²) in [6, 6.07) is 7.00. The Balaban J connectivity index is 2.63. The van der Waals surface area contributed by atoms with Gasteiger partial charge in [-0.05, 0) is 24.1 Å². The molecule has 0 aliphatic heterocycles. The zero-order chi connectivity index (χ0) is 12.0. The molecule has 0 radical (unpaired) electrons. The van der Waals surface area contributed by atoms with Gasteiger partial charge in [-0.15, -0.1) is 0 Å². The van der Waals surface area contributed by atoms with E-state index >= 15 is 0 Å². The number of benzene rings is 1. The quantitative estimate of drug-likeness (QED) is 0.639. The van der Waals surface area contributed by atoms with Gasteiger partial charge in [-0.25, -0.2) is 0 Å². The monoisotopic (exact) mass is 225 g/mol. The van der Waals surface area contributed by atoms with Gasteiger partial charge in [-0.1, -0.05) is 25.5 Å². The second-order valence-corrected chi connectivity index (χ2v) is 3.80. The van der Waals surface area contributed by atoms with Crippen molar-refractivity contribution in [3.8, 4) is 5.75 Å². The van der Waals surface area contributed by atoms with Gasteiger partial charge >= 0.3 is 5.97 Å². The fourth-order valence-corrected chi connectivity index (χ4v) is 1.38. The van der Waals surface area contributed by atoms with E-state index in [4.69, 9.17) is 10.5 Å². The molecule has 4 N–H and O–H groups in total. The molecule has 0 saturated carbocycles. The number of nitrogens with two attached hydrogens (primary N) is 1. The first-order chi connectivity index (χ1) is 7.57. The lowest BCUT2D eigenvalue weighted by atomic mass is 10.2. The second kappa shape index (κ2) is 5.84. The van der Waals surface area contributed by atoms with E-state index < -0.39 is 5.97 Å². The van der Waals surface area contributed by atoms with Gasteiger partial charge in [0.15, 0.2) is 0 Å². The number of aliphatic hydroxyl groups is 2. The molecule has 0 unspecified atom stereocenters. The Labute approximate surface area is 95.7 Å². The van der Waals surface area contributed by atoms with Crippen LogP contribution in [-0.2, 0) is 6.54 Å². The molecule has 1 aromatic carbocycles. The van der Waals surface area contributed by atoms with Crippen LogP contribution in [0.15, 0.2) is 24.3 Å². The molecule has 4 heteroatoms. The Bertz CT molecular complexity index is 326. The molecule has 16 heavy (non-hydrogen) atoms. The van der Waals surface area contributed by atoms with E-state index in [1.807, 2.05) is 13.0 Å². The van der Waals surface area contributed by atoms with Crippen LogP contribution in [0.1, 0.15) is 31.7 Å². The predicted molar refractivity (Wildman–Crippen MR) is 61.7 cm³/mol. The maximum Gasteiger partial charge on any atom is 0.321 e. The van der Waals surface area contributed by atoms with Crippen molar-refractivity contribution in [3.63, 3.8) is 0 Å². The highest BCUT2D eigenvalue weighted by Crippen LogP contribution is 2.20. The van der Waals surface area contributed by atoms with Crippen LogP contribution in [0.2, 0.25) is 0 Å². The first kappa shape index (κ1) is 13.0. The van der Waals surface area contributed by atoms with Gasteiger partial charge in [-0.3, -0.25) is 0 Å². The average molecular weight is 225 g/mol. The molecule has 1 rings (SSSR count). The van der Waals surface area contributed by atoms with Crippen LogP contribution in [0.4, 0.5) is 0 Å². The molecule has 4 nitrogen and oxygen atoms in total. The molecule has 1 aromatic rings. The highest BCUT2D eigenvalue weighted by atomic mass is 16.8. The number of rotatable bonds is 6. The average Bonchev–Trinajstić information content (AvgIpc) is 2.26. The van der Waals surface area contributed by atoms with Crippen molar-refractivity contribution in [1.29, 1.82) is 0 Å². The van der Waals surface area contributed by atoms with Crippen LogP contribution in [0.25, 0.3) is 0 Å². The summed E-state index contributed by atoms with van der Waals surface area (Å²) < 4.78 is 5.10. The molecule has 0 atom stereocenters. The Morgan fingerprint density at radius 1 is 1.38 bits per heavy atom. The summed E-state index contributed by atoms with van der Waals surface area (Å²) in [6.45, 7) is 2.38. The summed E-state index contributed by atoms with van der Waals surface area (Å²) >= 11 is 0. The number of unbranched alkanes of at least 4 members (excludes halogenated alkanes) is 1. The number of hydrogen-bond donors (Lipinski definition) is 3. The summed E-state index contributed by atoms with van der Waals surface area (Å²) in [5.41, 5.74) is 6.37. The number of ether oxygens (including phenoxy) is 1. The standard InChI is InChI=1S/C12H19NO3/c1-2-3-7-12(14,15)16-11-6-4-5-10(8-11)9-13/h4-6,8,14-15H,2-3,7,9,13H2,1H3. The Hall–Kier alpha value is -1.10. The van der Waals surface area contributed by atoms with Crippen LogP contribution < -0.4 is 10.5 Å². The smallest absolute Gasteiger partial charge is 0.321 e. The lowest BCUT2D eigenvalue weighted by molar-refractivity contribution is -0.295. The molecule has 90 valence electrons. The molecule has 0 aliphatic rings. The van der Waals surface area contributed by atoms with Gasteiger partial charge in [0.1, 0.15) is 5.75 Å². The van der Waals surface area contributed by atoms with Crippen molar-refractivity contribution in [2.45, 2.75) is 38.7 Å². The number of hydrogen-bond acceptors (Lipinski definition) is 4. The fraction of sp³-hybridized carbons (Fsp3) is 0.500. The van der Waals surface area contributed by atoms with E-state index in [0.717, 1.165) is 12.0 Å². The van der Waals surface area contributed by atoms with Crippen LogP contribution in [0.3, 0.4) is 0 Å². The Morgan fingerprint density at radius 2 is 2.12 bits per heavy atom.